The van der Waals surface area contributed by atoms with Crippen LogP contribution in [0.15, 0.2) is 0 Å². The first-order valence-corrected chi connectivity index (χ1v) is 6.75. The maximum absolute atomic E-state index is 5.95. The Balaban J connectivity index is 2.08. The smallest absolute Gasteiger partial charge is 0.155 e. The number of hydrogen-bond acceptors (Lipinski definition) is 3. The van der Waals surface area contributed by atoms with Crippen molar-refractivity contribution in [3.05, 3.63) is 16.3 Å². The van der Waals surface area contributed by atoms with Gasteiger partial charge in [0.15, 0.2) is 11.0 Å². The first-order chi connectivity index (χ1) is 8.11. The van der Waals surface area contributed by atoms with Gasteiger partial charge in [-0.05, 0) is 43.7 Å². The fourth-order valence-corrected chi connectivity index (χ4v) is 2.17. The second-order valence-corrected chi connectivity index (χ2v) is 5.38. The molecule has 1 aromatic rings. The third-order valence-corrected chi connectivity index (χ3v) is 3.97. The van der Waals surface area contributed by atoms with Gasteiger partial charge in [-0.1, -0.05) is 31.4 Å². The van der Waals surface area contributed by atoms with Gasteiger partial charge < -0.3 is 5.32 Å². The SMILES string of the molecule is CCC(CC1CC1)Nc1nnc(Cl)c(C)c1C. The van der Waals surface area contributed by atoms with E-state index in [0.717, 1.165) is 29.3 Å². The summed E-state index contributed by atoms with van der Waals surface area (Å²) >= 11 is 5.95. The van der Waals surface area contributed by atoms with Crippen molar-refractivity contribution in [2.45, 2.75) is 52.5 Å². The number of hydrogen-bond donors (Lipinski definition) is 1. The van der Waals surface area contributed by atoms with E-state index in [9.17, 15) is 0 Å². The van der Waals surface area contributed by atoms with Crippen LogP contribution in [-0.2, 0) is 0 Å². The van der Waals surface area contributed by atoms with E-state index in [-0.39, 0.29) is 0 Å². The van der Waals surface area contributed by atoms with Crippen molar-refractivity contribution in [1.82, 2.24) is 10.2 Å². The summed E-state index contributed by atoms with van der Waals surface area (Å²) in [7, 11) is 0. The second-order valence-electron chi connectivity index (χ2n) is 5.02. The summed E-state index contributed by atoms with van der Waals surface area (Å²) in [5, 5.41) is 12.1. The lowest BCUT2D eigenvalue weighted by atomic mass is 10.1. The highest BCUT2D eigenvalue weighted by molar-refractivity contribution is 6.30. The molecule has 1 aliphatic carbocycles. The third-order valence-electron chi connectivity index (χ3n) is 3.61. The van der Waals surface area contributed by atoms with Crippen molar-refractivity contribution in [2.75, 3.05) is 5.32 Å². The maximum atomic E-state index is 5.95. The normalized spacial score (nSPS) is 16.9. The molecule has 0 aliphatic heterocycles. The lowest BCUT2D eigenvalue weighted by Gasteiger charge is -2.19. The molecule has 1 aliphatic rings. The summed E-state index contributed by atoms with van der Waals surface area (Å²) in [6, 6.07) is 0.510. The molecule has 0 aromatic carbocycles. The van der Waals surface area contributed by atoms with Crippen LogP contribution in [0.5, 0.6) is 0 Å². The van der Waals surface area contributed by atoms with Crippen molar-refractivity contribution < 1.29 is 0 Å². The van der Waals surface area contributed by atoms with Crippen molar-refractivity contribution >= 4 is 17.4 Å². The average Bonchev–Trinajstić information content (AvgIpc) is 3.12. The fraction of sp³-hybridized carbons (Fsp3) is 0.692. The van der Waals surface area contributed by atoms with Crippen LogP contribution in [0.4, 0.5) is 5.82 Å². The number of anilines is 1. The molecule has 17 heavy (non-hydrogen) atoms. The first-order valence-electron chi connectivity index (χ1n) is 6.37. The standard InChI is InChI=1S/C13H20ClN3/c1-4-11(7-10-5-6-10)15-13-9(3)8(2)12(14)16-17-13/h10-11H,4-7H2,1-3H3,(H,15,17). The van der Waals surface area contributed by atoms with E-state index in [1.54, 1.807) is 0 Å². The summed E-state index contributed by atoms with van der Waals surface area (Å²) in [5.74, 6) is 1.81. The zero-order valence-corrected chi connectivity index (χ0v) is 11.5. The van der Waals surface area contributed by atoms with E-state index in [2.05, 4.69) is 22.4 Å². The zero-order chi connectivity index (χ0) is 12.4. The summed E-state index contributed by atoms with van der Waals surface area (Å²) in [4.78, 5) is 0. The number of halogens is 1. The van der Waals surface area contributed by atoms with E-state index in [4.69, 9.17) is 11.6 Å². The van der Waals surface area contributed by atoms with Crippen LogP contribution >= 0.6 is 11.6 Å². The van der Waals surface area contributed by atoms with E-state index in [1.165, 1.54) is 19.3 Å². The predicted octanol–water partition coefficient (Wildman–Crippen LogP) is 3.74. The second kappa shape index (κ2) is 5.21. The molecule has 0 spiro atoms. The summed E-state index contributed by atoms with van der Waals surface area (Å²) in [6.45, 7) is 6.24. The minimum atomic E-state index is 0.503. The van der Waals surface area contributed by atoms with Gasteiger partial charge in [-0.2, -0.15) is 0 Å². The average molecular weight is 254 g/mol. The fourth-order valence-electron chi connectivity index (χ4n) is 1.99. The summed E-state index contributed by atoms with van der Waals surface area (Å²) < 4.78 is 0. The van der Waals surface area contributed by atoms with Crippen molar-refractivity contribution in [1.29, 1.82) is 0 Å². The molecular weight excluding hydrogens is 234 g/mol. The molecule has 0 saturated heterocycles. The highest BCUT2D eigenvalue weighted by Crippen LogP contribution is 2.35. The molecule has 1 atom stereocenters. The number of nitrogens with zero attached hydrogens (tertiary/aromatic N) is 2. The van der Waals surface area contributed by atoms with E-state index in [0.29, 0.717) is 11.2 Å². The van der Waals surface area contributed by atoms with Gasteiger partial charge in [-0.25, -0.2) is 0 Å². The van der Waals surface area contributed by atoms with E-state index >= 15 is 0 Å². The molecule has 1 fully saturated rings. The molecule has 1 saturated carbocycles. The molecule has 3 nitrogen and oxygen atoms in total. The van der Waals surface area contributed by atoms with E-state index in [1.807, 2.05) is 13.8 Å². The maximum Gasteiger partial charge on any atom is 0.155 e. The molecule has 0 bridgehead atoms. The molecule has 0 amide bonds. The van der Waals surface area contributed by atoms with Gasteiger partial charge in [-0.3, -0.25) is 0 Å². The minimum Gasteiger partial charge on any atom is -0.366 e. The van der Waals surface area contributed by atoms with Crippen LogP contribution in [0.2, 0.25) is 5.15 Å². The topological polar surface area (TPSA) is 37.8 Å². The number of nitrogens with one attached hydrogen (secondary N) is 1. The van der Waals surface area contributed by atoms with Crippen molar-refractivity contribution in [2.24, 2.45) is 5.92 Å². The highest BCUT2D eigenvalue weighted by atomic mass is 35.5. The Kier molecular flexibility index (Phi) is 3.87. The Hall–Kier alpha value is -0.830. The van der Waals surface area contributed by atoms with Gasteiger partial charge in [0, 0.05) is 6.04 Å². The van der Waals surface area contributed by atoms with Crippen molar-refractivity contribution in [3.8, 4) is 0 Å². The van der Waals surface area contributed by atoms with Crippen LogP contribution in [0, 0.1) is 19.8 Å². The monoisotopic (exact) mass is 253 g/mol. The van der Waals surface area contributed by atoms with Gasteiger partial charge in [0.1, 0.15) is 0 Å². The lowest BCUT2D eigenvalue weighted by Crippen LogP contribution is -2.21. The highest BCUT2D eigenvalue weighted by Gasteiger charge is 2.25. The number of rotatable bonds is 5. The Labute approximate surface area is 108 Å². The van der Waals surface area contributed by atoms with Gasteiger partial charge in [0.2, 0.25) is 0 Å². The van der Waals surface area contributed by atoms with Crippen LogP contribution < -0.4 is 5.32 Å². The molecular formula is C13H20ClN3. The Morgan fingerprint density at radius 3 is 2.59 bits per heavy atom. The van der Waals surface area contributed by atoms with Crippen LogP contribution in [0.1, 0.15) is 43.7 Å². The lowest BCUT2D eigenvalue weighted by molar-refractivity contribution is 0.583. The van der Waals surface area contributed by atoms with Crippen LogP contribution in [0.25, 0.3) is 0 Å². The molecule has 1 unspecified atom stereocenters. The molecule has 1 N–H and O–H groups in total. The zero-order valence-electron chi connectivity index (χ0n) is 10.8. The Morgan fingerprint density at radius 2 is 2.00 bits per heavy atom. The summed E-state index contributed by atoms with van der Waals surface area (Å²) in [6.07, 6.45) is 5.16. The van der Waals surface area contributed by atoms with Crippen molar-refractivity contribution in [3.63, 3.8) is 0 Å². The van der Waals surface area contributed by atoms with Gasteiger partial charge in [-0.15, -0.1) is 10.2 Å². The third kappa shape index (κ3) is 3.09. The Morgan fingerprint density at radius 1 is 1.29 bits per heavy atom. The summed E-state index contributed by atoms with van der Waals surface area (Å²) in [5.41, 5.74) is 2.13. The molecule has 2 rings (SSSR count). The quantitative estimate of drug-likeness (QED) is 0.869. The predicted molar refractivity (Wildman–Crippen MR) is 71.6 cm³/mol. The van der Waals surface area contributed by atoms with Gasteiger partial charge in [0.25, 0.3) is 0 Å². The molecule has 1 heterocycles. The molecule has 94 valence electrons. The van der Waals surface area contributed by atoms with Gasteiger partial charge >= 0.3 is 0 Å². The van der Waals surface area contributed by atoms with Gasteiger partial charge in [0.05, 0.1) is 0 Å². The minimum absolute atomic E-state index is 0.503. The molecule has 4 heteroatoms. The van der Waals surface area contributed by atoms with E-state index < -0.39 is 0 Å². The van der Waals surface area contributed by atoms with Crippen LogP contribution in [0.3, 0.4) is 0 Å². The largest absolute Gasteiger partial charge is 0.366 e. The molecule has 0 radical (unpaired) electrons. The van der Waals surface area contributed by atoms with Crippen LogP contribution in [-0.4, -0.2) is 16.2 Å². The molecule has 1 aromatic heterocycles. The first kappa shape index (κ1) is 12.6. The number of aromatic nitrogens is 2. The Bertz CT molecular complexity index is 402.